The van der Waals surface area contributed by atoms with Gasteiger partial charge >= 0.3 is 0 Å². The third kappa shape index (κ3) is 1.72. The fourth-order valence-corrected chi connectivity index (χ4v) is 1.08. The van der Waals surface area contributed by atoms with Crippen molar-refractivity contribution < 1.29 is 0 Å². The van der Waals surface area contributed by atoms with Crippen molar-refractivity contribution in [3.05, 3.63) is 29.7 Å². The number of nitriles is 1. The molecule has 72 valence electrons. The van der Waals surface area contributed by atoms with Crippen molar-refractivity contribution in [3.8, 4) is 6.07 Å². The Kier molecular flexibility index (Phi) is 3.19. The van der Waals surface area contributed by atoms with Crippen LogP contribution in [0.3, 0.4) is 0 Å². The summed E-state index contributed by atoms with van der Waals surface area (Å²) >= 11 is 0. The standard InChI is InChI=1S/C8H6N4.C2H6/c1-6-10-11-8-4-7(5-9)2-3-12(6)8;1-2/h2-4H,1H3;1-2H3. The van der Waals surface area contributed by atoms with Gasteiger partial charge in [-0.05, 0) is 13.0 Å². The largest absolute Gasteiger partial charge is 0.287 e. The zero-order valence-corrected chi connectivity index (χ0v) is 8.52. The number of aryl methyl sites for hydroxylation is 1. The molecule has 0 unspecified atom stereocenters. The molecular formula is C10H12N4. The van der Waals surface area contributed by atoms with Gasteiger partial charge in [-0.15, -0.1) is 10.2 Å². The van der Waals surface area contributed by atoms with Gasteiger partial charge in [0.1, 0.15) is 5.82 Å². The highest BCUT2D eigenvalue weighted by molar-refractivity contribution is 5.45. The van der Waals surface area contributed by atoms with Crippen LogP contribution in [0.2, 0.25) is 0 Å². The predicted molar refractivity (Wildman–Crippen MR) is 53.8 cm³/mol. The number of nitrogens with zero attached hydrogens (tertiary/aromatic N) is 4. The molecule has 2 rings (SSSR count). The molecule has 0 saturated carbocycles. The quantitative estimate of drug-likeness (QED) is 0.634. The first-order valence-electron chi connectivity index (χ1n) is 4.53. The second kappa shape index (κ2) is 4.38. The van der Waals surface area contributed by atoms with E-state index in [4.69, 9.17) is 5.26 Å². The van der Waals surface area contributed by atoms with E-state index in [9.17, 15) is 0 Å². The number of aromatic nitrogens is 3. The molecule has 0 radical (unpaired) electrons. The van der Waals surface area contributed by atoms with Crippen LogP contribution in [0, 0.1) is 18.3 Å². The van der Waals surface area contributed by atoms with Crippen molar-refractivity contribution in [1.29, 1.82) is 5.26 Å². The fourth-order valence-electron chi connectivity index (χ4n) is 1.08. The Morgan fingerprint density at radius 3 is 2.71 bits per heavy atom. The molecule has 0 saturated heterocycles. The van der Waals surface area contributed by atoms with Gasteiger partial charge in [0.15, 0.2) is 5.65 Å². The van der Waals surface area contributed by atoms with Gasteiger partial charge in [0.25, 0.3) is 0 Å². The lowest BCUT2D eigenvalue weighted by Gasteiger charge is -1.92. The summed E-state index contributed by atoms with van der Waals surface area (Å²) < 4.78 is 1.83. The van der Waals surface area contributed by atoms with Crippen LogP contribution in [0.15, 0.2) is 18.3 Å². The van der Waals surface area contributed by atoms with Crippen molar-refractivity contribution in [2.75, 3.05) is 0 Å². The molecule has 2 aromatic heterocycles. The van der Waals surface area contributed by atoms with Crippen LogP contribution in [0.25, 0.3) is 5.65 Å². The second-order valence-corrected chi connectivity index (χ2v) is 2.50. The van der Waals surface area contributed by atoms with Crippen molar-refractivity contribution in [3.63, 3.8) is 0 Å². The Morgan fingerprint density at radius 1 is 1.36 bits per heavy atom. The SMILES string of the molecule is CC.Cc1nnc2cc(C#N)ccn12. The molecule has 4 heteroatoms. The van der Waals surface area contributed by atoms with Crippen LogP contribution < -0.4 is 0 Å². The van der Waals surface area contributed by atoms with Crippen LogP contribution in [-0.2, 0) is 0 Å². The third-order valence-electron chi connectivity index (χ3n) is 1.71. The summed E-state index contributed by atoms with van der Waals surface area (Å²) in [4.78, 5) is 0. The minimum atomic E-state index is 0.606. The summed E-state index contributed by atoms with van der Waals surface area (Å²) in [6.45, 7) is 5.87. The third-order valence-corrected chi connectivity index (χ3v) is 1.71. The molecule has 0 amide bonds. The Bertz CT molecular complexity index is 464. The molecule has 0 aliphatic heterocycles. The maximum absolute atomic E-state index is 8.60. The highest BCUT2D eigenvalue weighted by atomic mass is 15.2. The minimum absolute atomic E-state index is 0.606. The highest BCUT2D eigenvalue weighted by Crippen LogP contribution is 2.04. The Hall–Kier alpha value is -1.89. The van der Waals surface area contributed by atoms with E-state index in [0.29, 0.717) is 11.2 Å². The van der Waals surface area contributed by atoms with E-state index in [2.05, 4.69) is 10.2 Å². The fraction of sp³-hybridized carbons (Fsp3) is 0.300. The molecule has 0 aromatic carbocycles. The van der Waals surface area contributed by atoms with E-state index in [1.54, 1.807) is 18.3 Å². The monoisotopic (exact) mass is 188 g/mol. The van der Waals surface area contributed by atoms with Gasteiger partial charge in [-0.25, -0.2) is 0 Å². The molecule has 0 fully saturated rings. The van der Waals surface area contributed by atoms with Crippen LogP contribution in [-0.4, -0.2) is 14.6 Å². The Balaban J connectivity index is 0.000000461. The molecule has 0 spiro atoms. The van der Waals surface area contributed by atoms with Gasteiger partial charge in [0.05, 0.1) is 11.6 Å². The van der Waals surface area contributed by atoms with Crippen molar-refractivity contribution >= 4 is 5.65 Å². The van der Waals surface area contributed by atoms with E-state index in [1.807, 2.05) is 31.2 Å². The molecule has 2 heterocycles. The molecule has 0 aliphatic rings. The first kappa shape index (κ1) is 10.2. The predicted octanol–water partition coefficient (Wildman–Crippen LogP) is 1.94. The summed E-state index contributed by atoms with van der Waals surface area (Å²) in [6, 6.07) is 5.50. The molecule has 0 atom stereocenters. The van der Waals surface area contributed by atoms with Gasteiger partial charge in [-0.1, -0.05) is 13.8 Å². The normalized spacial score (nSPS) is 9.00. The maximum Gasteiger partial charge on any atom is 0.162 e. The van der Waals surface area contributed by atoms with E-state index in [1.165, 1.54) is 0 Å². The van der Waals surface area contributed by atoms with Gasteiger partial charge in [-0.3, -0.25) is 4.40 Å². The summed E-state index contributed by atoms with van der Waals surface area (Å²) in [7, 11) is 0. The minimum Gasteiger partial charge on any atom is -0.287 e. The zero-order chi connectivity index (χ0) is 10.6. The molecular weight excluding hydrogens is 176 g/mol. The van der Waals surface area contributed by atoms with Crippen molar-refractivity contribution in [2.45, 2.75) is 20.8 Å². The zero-order valence-electron chi connectivity index (χ0n) is 8.52. The average molecular weight is 188 g/mol. The number of hydrogen-bond acceptors (Lipinski definition) is 3. The lowest BCUT2D eigenvalue weighted by molar-refractivity contribution is 1.01. The van der Waals surface area contributed by atoms with Crippen LogP contribution in [0.1, 0.15) is 25.2 Å². The van der Waals surface area contributed by atoms with Gasteiger partial charge in [0.2, 0.25) is 0 Å². The van der Waals surface area contributed by atoms with E-state index < -0.39 is 0 Å². The lowest BCUT2D eigenvalue weighted by Crippen LogP contribution is -1.87. The van der Waals surface area contributed by atoms with E-state index in [-0.39, 0.29) is 0 Å². The van der Waals surface area contributed by atoms with Crippen molar-refractivity contribution in [2.24, 2.45) is 0 Å². The first-order valence-corrected chi connectivity index (χ1v) is 4.53. The molecule has 0 N–H and O–H groups in total. The second-order valence-electron chi connectivity index (χ2n) is 2.50. The number of hydrogen-bond donors (Lipinski definition) is 0. The smallest absolute Gasteiger partial charge is 0.162 e. The highest BCUT2D eigenvalue weighted by Gasteiger charge is 1.99. The number of fused-ring (bicyclic) bond motifs is 1. The van der Waals surface area contributed by atoms with E-state index >= 15 is 0 Å². The summed E-state index contributed by atoms with van der Waals surface area (Å²) in [5.74, 6) is 0.828. The van der Waals surface area contributed by atoms with Crippen molar-refractivity contribution in [1.82, 2.24) is 14.6 Å². The molecule has 2 aromatic rings. The van der Waals surface area contributed by atoms with Crippen LogP contribution in [0.4, 0.5) is 0 Å². The van der Waals surface area contributed by atoms with Gasteiger partial charge in [0, 0.05) is 12.3 Å². The number of pyridine rings is 1. The molecule has 0 aliphatic carbocycles. The Labute approximate surface area is 82.8 Å². The summed E-state index contributed by atoms with van der Waals surface area (Å²) in [6.07, 6.45) is 1.79. The average Bonchev–Trinajstić information content (AvgIpc) is 2.63. The maximum atomic E-state index is 8.60. The molecule has 0 bridgehead atoms. The topological polar surface area (TPSA) is 54.0 Å². The Morgan fingerprint density at radius 2 is 2.07 bits per heavy atom. The molecule has 4 nitrogen and oxygen atoms in total. The molecule has 14 heavy (non-hydrogen) atoms. The lowest BCUT2D eigenvalue weighted by atomic mass is 10.3. The first-order chi connectivity index (χ1) is 6.81. The van der Waals surface area contributed by atoms with Crippen LogP contribution >= 0.6 is 0 Å². The van der Waals surface area contributed by atoms with E-state index in [0.717, 1.165) is 5.82 Å². The van der Waals surface area contributed by atoms with Gasteiger partial charge < -0.3 is 0 Å². The summed E-state index contributed by atoms with van der Waals surface area (Å²) in [5, 5.41) is 16.4. The van der Waals surface area contributed by atoms with Gasteiger partial charge in [-0.2, -0.15) is 5.26 Å². The number of rotatable bonds is 0. The van der Waals surface area contributed by atoms with Crippen LogP contribution in [0.5, 0.6) is 0 Å². The summed E-state index contributed by atoms with van der Waals surface area (Å²) in [5.41, 5.74) is 1.32.